The minimum Gasteiger partial charge on any atom is -0.376 e. The van der Waals surface area contributed by atoms with E-state index in [4.69, 9.17) is 11.5 Å². The maximum Gasteiger partial charge on any atom is 0.115 e. The third kappa shape index (κ3) is 3.52. The molecule has 0 aliphatic heterocycles. The van der Waals surface area contributed by atoms with E-state index in [0.29, 0.717) is 12.8 Å². The second-order valence-corrected chi connectivity index (χ2v) is 3.70. The lowest BCUT2D eigenvalue weighted by Gasteiger charge is -2.34. The first-order valence-corrected chi connectivity index (χ1v) is 4.69. The summed E-state index contributed by atoms with van der Waals surface area (Å²) in [6, 6.07) is 0. The Kier molecular flexibility index (Phi) is 4.17. The molecule has 0 spiro atoms. The zero-order chi connectivity index (χ0) is 9.83. The van der Waals surface area contributed by atoms with Crippen LogP contribution in [0.1, 0.15) is 46.5 Å². The van der Waals surface area contributed by atoms with Gasteiger partial charge in [0.25, 0.3) is 0 Å². The summed E-state index contributed by atoms with van der Waals surface area (Å²) in [6.07, 6.45) is 2.72. The Morgan fingerprint density at radius 1 is 1.00 bits per heavy atom. The van der Waals surface area contributed by atoms with Crippen molar-refractivity contribution in [1.29, 1.82) is 0 Å². The molecule has 0 aliphatic rings. The summed E-state index contributed by atoms with van der Waals surface area (Å²) in [6.45, 7) is 5.91. The van der Waals surface area contributed by atoms with E-state index in [-0.39, 0.29) is 5.54 Å². The largest absolute Gasteiger partial charge is 0.376 e. The summed E-state index contributed by atoms with van der Waals surface area (Å²) in [4.78, 5) is 0. The summed E-state index contributed by atoms with van der Waals surface area (Å²) in [5, 5.41) is 9.62. The Hall–Kier alpha value is -0.120. The Bertz CT molecular complexity index is 130. The number of hydrogen-bond donors (Lipinski definition) is 3. The van der Waals surface area contributed by atoms with E-state index in [9.17, 15) is 5.11 Å². The molecular formula is C9H22N2O. The van der Waals surface area contributed by atoms with E-state index >= 15 is 0 Å². The summed E-state index contributed by atoms with van der Waals surface area (Å²) < 4.78 is 0. The fourth-order valence-electron chi connectivity index (χ4n) is 1.23. The molecule has 0 aliphatic carbocycles. The molecule has 3 heteroatoms. The highest BCUT2D eigenvalue weighted by Crippen LogP contribution is 2.23. The molecule has 0 amide bonds. The molecule has 1 unspecified atom stereocenters. The van der Waals surface area contributed by atoms with Crippen LogP contribution in [0.25, 0.3) is 0 Å². The molecule has 0 aromatic heterocycles. The molecule has 0 aromatic carbocycles. The van der Waals surface area contributed by atoms with Gasteiger partial charge in [-0.25, -0.2) is 0 Å². The highest BCUT2D eigenvalue weighted by Gasteiger charge is 2.30. The number of aliphatic hydroxyl groups is 1. The molecule has 0 bridgehead atoms. The van der Waals surface area contributed by atoms with Gasteiger partial charge >= 0.3 is 0 Å². The molecular weight excluding hydrogens is 152 g/mol. The number of rotatable bonds is 5. The standard InChI is InChI=1S/C9H22N2O/c1-4-8(10,5-2)7-9(11,12)6-3/h12H,4-7,10-11H2,1-3H3. The highest BCUT2D eigenvalue weighted by molar-refractivity contribution is 4.88. The number of hydrogen-bond acceptors (Lipinski definition) is 3. The quantitative estimate of drug-likeness (QED) is 0.543. The van der Waals surface area contributed by atoms with Gasteiger partial charge in [-0.15, -0.1) is 0 Å². The van der Waals surface area contributed by atoms with Gasteiger partial charge in [0.15, 0.2) is 0 Å². The summed E-state index contributed by atoms with van der Waals surface area (Å²) in [7, 11) is 0. The molecule has 0 rings (SSSR count). The minimum atomic E-state index is -1.10. The fourth-order valence-corrected chi connectivity index (χ4v) is 1.23. The van der Waals surface area contributed by atoms with Crippen LogP contribution in [-0.4, -0.2) is 16.4 Å². The SMILES string of the molecule is CCC(N)(O)CC(N)(CC)CC. The average molecular weight is 174 g/mol. The lowest BCUT2D eigenvalue weighted by atomic mass is 9.84. The predicted octanol–water partition coefficient (Wildman–Crippen LogP) is 0.951. The number of nitrogens with two attached hydrogens (primary N) is 2. The van der Waals surface area contributed by atoms with Crippen molar-refractivity contribution in [3.05, 3.63) is 0 Å². The smallest absolute Gasteiger partial charge is 0.115 e. The Morgan fingerprint density at radius 2 is 1.42 bits per heavy atom. The maximum atomic E-state index is 9.62. The molecule has 12 heavy (non-hydrogen) atoms. The van der Waals surface area contributed by atoms with E-state index in [1.54, 1.807) is 0 Å². The van der Waals surface area contributed by atoms with Crippen LogP contribution in [0.15, 0.2) is 0 Å². The van der Waals surface area contributed by atoms with E-state index in [1.807, 2.05) is 20.8 Å². The zero-order valence-electron chi connectivity index (χ0n) is 8.43. The van der Waals surface area contributed by atoms with Crippen molar-refractivity contribution in [3.8, 4) is 0 Å². The molecule has 0 saturated heterocycles. The topological polar surface area (TPSA) is 72.3 Å². The van der Waals surface area contributed by atoms with E-state index < -0.39 is 5.72 Å². The minimum absolute atomic E-state index is 0.306. The third-order valence-electron chi connectivity index (χ3n) is 2.68. The Morgan fingerprint density at radius 3 is 1.67 bits per heavy atom. The van der Waals surface area contributed by atoms with Gasteiger partial charge in [-0.3, -0.25) is 0 Å². The van der Waals surface area contributed by atoms with Gasteiger partial charge < -0.3 is 16.6 Å². The van der Waals surface area contributed by atoms with Crippen LogP contribution in [0.5, 0.6) is 0 Å². The van der Waals surface area contributed by atoms with E-state index in [1.165, 1.54) is 0 Å². The first kappa shape index (κ1) is 11.9. The van der Waals surface area contributed by atoms with E-state index in [0.717, 1.165) is 12.8 Å². The molecule has 5 N–H and O–H groups in total. The maximum absolute atomic E-state index is 9.62. The van der Waals surface area contributed by atoms with Crippen molar-refractivity contribution in [2.75, 3.05) is 0 Å². The van der Waals surface area contributed by atoms with E-state index in [2.05, 4.69) is 0 Å². The van der Waals surface area contributed by atoms with Crippen LogP contribution in [0.2, 0.25) is 0 Å². The van der Waals surface area contributed by atoms with Crippen molar-refractivity contribution in [2.45, 2.75) is 57.7 Å². The second kappa shape index (κ2) is 4.21. The van der Waals surface area contributed by atoms with Crippen LogP contribution in [-0.2, 0) is 0 Å². The van der Waals surface area contributed by atoms with Gasteiger partial charge in [0, 0.05) is 12.0 Å². The van der Waals surface area contributed by atoms with Crippen molar-refractivity contribution >= 4 is 0 Å². The van der Waals surface area contributed by atoms with Gasteiger partial charge in [-0.2, -0.15) is 0 Å². The average Bonchev–Trinajstić information content (AvgIpc) is 2.04. The van der Waals surface area contributed by atoms with Gasteiger partial charge in [0.05, 0.1) is 0 Å². The Balaban J connectivity index is 4.20. The first-order chi connectivity index (χ1) is 5.39. The van der Waals surface area contributed by atoms with Crippen molar-refractivity contribution in [3.63, 3.8) is 0 Å². The molecule has 0 saturated carbocycles. The van der Waals surface area contributed by atoms with Gasteiger partial charge in [0.1, 0.15) is 5.72 Å². The molecule has 74 valence electrons. The zero-order valence-corrected chi connectivity index (χ0v) is 8.43. The summed E-state index contributed by atoms with van der Waals surface area (Å²) in [5.41, 5.74) is 10.2. The molecule has 0 aromatic rings. The highest BCUT2D eigenvalue weighted by atomic mass is 16.3. The summed E-state index contributed by atoms with van der Waals surface area (Å²) in [5.74, 6) is 0. The lowest BCUT2D eigenvalue weighted by molar-refractivity contribution is 0.00987. The monoisotopic (exact) mass is 174 g/mol. The van der Waals surface area contributed by atoms with Crippen molar-refractivity contribution in [2.24, 2.45) is 11.5 Å². The first-order valence-electron chi connectivity index (χ1n) is 4.69. The van der Waals surface area contributed by atoms with Crippen LogP contribution >= 0.6 is 0 Å². The lowest BCUT2D eigenvalue weighted by Crippen LogP contribution is -2.51. The van der Waals surface area contributed by atoms with Crippen molar-refractivity contribution in [1.82, 2.24) is 0 Å². The van der Waals surface area contributed by atoms with Gasteiger partial charge in [-0.05, 0) is 19.3 Å². The van der Waals surface area contributed by atoms with Crippen LogP contribution in [0, 0.1) is 0 Å². The second-order valence-electron chi connectivity index (χ2n) is 3.70. The molecule has 0 fully saturated rings. The van der Waals surface area contributed by atoms with Crippen molar-refractivity contribution < 1.29 is 5.11 Å². The fraction of sp³-hybridized carbons (Fsp3) is 1.00. The third-order valence-corrected chi connectivity index (χ3v) is 2.68. The van der Waals surface area contributed by atoms with Crippen LogP contribution in [0.3, 0.4) is 0 Å². The molecule has 0 radical (unpaired) electrons. The summed E-state index contributed by atoms with van der Waals surface area (Å²) >= 11 is 0. The van der Waals surface area contributed by atoms with Gasteiger partial charge in [-0.1, -0.05) is 20.8 Å². The molecule has 0 heterocycles. The van der Waals surface area contributed by atoms with Crippen LogP contribution < -0.4 is 11.5 Å². The molecule has 3 nitrogen and oxygen atoms in total. The molecule has 1 atom stereocenters. The Labute approximate surface area is 75.1 Å². The predicted molar refractivity (Wildman–Crippen MR) is 51.5 cm³/mol. The normalized spacial score (nSPS) is 17.5. The van der Waals surface area contributed by atoms with Crippen LogP contribution in [0.4, 0.5) is 0 Å². The van der Waals surface area contributed by atoms with Gasteiger partial charge in [0.2, 0.25) is 0 Å².